The average molecular weight is 312 g/mol. The first kappa shape index (κ1) is 14.3. The maximum atomic E-state index is 8.75. The molecule has 2 aromatic rings. The SMILES string of the molecule is N#CC(C#N)=Cc1ccc(-c2cnc(N3CCOCC3)s2)o1. The van der Waals surface area contributed by atoms with Gasteiger partial charge in [-0.3, -0.25) is 0 Å². The predicted octanol–water partition coefficient (Wildman–Crippen LogP) is 2.67. The van der Waals surface area contributed by atoms with Crippen molar-refractivity contribution in [3.05, 3.63) is 29.7 Å². The van der Waals surface area contributed by atoms with Crippen molar-refractivity contribution in [3.63, 3.8) is 0 Å². The van der Waals surface area contributed by atoms with Crippen LogP contribution in [-0.2, 0) is 4.74 Å². The van der Waals surface area contributed by atoms with Gasteiger partial charge in [0, 0.05) is 19.2 Å². The van der Waals surface area contributed by atoms with Crippen LogP contribution in [0.15, 0.2) is 28.3 Å². The molecule has 110 valence electrons. The molecule has 0 atom stereocenters. The van der Waals surface area contributed by atoms with E-state index in [0.717, 1.165) is 36.3 Å². The van der Waals surface area contributed by atoms with Gasteiger partial charge in [0.05, 0.1) is 24.3 Å². The molecule has 22 heavy (non-hydrogen) atoms. The van der Waals surface area contributed by atoms with Gasteiger partial charge in [-0.15, -0.1) is 0 Å². The lowest BCUT2D eigenvalue weighted by molar-refractivity contribution is 0.122. The fourth-order valence-electron chi connectivity index (χ4n) is 2.07. The summed E-state index contributed by atoms with van der Waals surface area (Å²) in [5.74, 6) is 1.16. The van der Waals surface area contributed by atoms with Crippen molar-refractivity contribution >= 4 is 22.5 Å². The summed E-state index contributed by atoms with van der Waals surface area (Å²) in [7, 11) is 0. The highest BCUT2D eigenvalue weighted by atomic mass is 32.1. The van der Waals surface area contributed by atoms with Gasteiger partial charge in [-0.05, 0) is 12.1 Å². The van der Waals surface area contributed by atoms with Gasteiger partial charge in [0.25, 0.3) is 0 Å². The molecule has 0 aliphatic carbocycles. The van der Waals surface area contributed by atoms with Gasteiger partial charge < -0.3 is 14.1 Å². The van der Waals surface area contributed by atoms with Gasteiger partial charge in [0.2, 0.25) is 0 Å². The number of allylic oxidation sites excluding steroid dienone is 1. The van der Waals surface area contributed by atoms with Crippen molar-refractivity contribution in [1.82, 2.24) is 4.98 Å². The minimum Gasteiger partial charge on any atom is -0.456 e. The Kier molecular flexibility index (Phi) is 4.19. The van der Waals surface area contributed by atoms with Crippen molar-refractivity contribution in [3.8, 4) is 22.8 Å². The molecular weight excluding hydrogens is 300 g/mol. The lowest BCUT2D eigenvalue weighted by Crippen LogP contribution is -2.36. The van der Waals surface area contributed by atoms with Gasteiger partial charge in [-0.1, -0.05) is 11.3 Å². The molecule has 0 amide bonds. The van der Waals surface area contributed by atoms with Crippen LogP contribution in [0, 0.1) is 22.7 Å². The topological polar surface area (TPSA) is 86.1 Å². The normalized spacial score (nSPS) is 14.2. The van der Waals surface area contributed by atoms with Gasteiger partial charge in [-0.2, -0.15) is 10.5 Å². The van der Waals surface area contributed by atoms with Crippen molar-refractivity contribution in [1.29, 1.82) is 10.5 Å². The highest BCUT2D eigenvalue weighted by molar-refractivity contribution is 7.18. The molecule has 0 bridgehead atoms. The molecule has 0 unspecified atom stereocenters. The number of thiazole rings is 1. The minimum absolute atomic E-state index is 0.0132. The molecule has 3 heterocycles. The van der Waals surface area contributed by atoms with Gasteiger partial charge in [-0.25, -0.2) is 4.98 Å². The molecule has 2 aromatic heterocycles. The molecule has 1 aliphatic heterocycles. The van der Waals surface area contributed by atoms with E-state index in [9.17, 15) is 0 Å². The quantitative estimate of drug-likeness (QED) is 0.810. The second kappa shape index (κ2) is 6.44. The van der Waals surface area contributed by atoms with Gasteiger partial charge in [0.15, 0.2) is 5.13 Å². The second-order valence-corrected chi connectivity index (χ2v) is 5.60. The van der Waals surface area contributed by atoms with Crippen LogP contribution in [0.5, 0.6) is 0 Å². The fourth-order valence-corrected chi connectivity index (χ4v) is 3.00. The third kappa shape index (κ3) is 3.01. The Balaban J connectivity index is 1.80. The first-order valence-corrected chi connectivity index (χ1v) is 7.52. The number of ether oxygens (including phenoxy) is 1. The van der Waals surface area contributed by atoms with Crippen LogP contribution in [0.25, 0.3) is 16.7 Å². The summed E-state index contributed by atoms with van der Waals surface area (Å²) in [6, 6.07) is 7.16. The number of aromatic nitrogens is 1. The molecule has 3 rings (SSSR count). The highest BCUT2D eigenvalue weighted by Gasteiger charge is 2.16. The molecule has 6 nitrogen and oxygen atoms in total. The van der Waals surface area contributed by atoms with Crippen molar-refractivity contribution in [2.24, 2.45) is 0 Å². The zero-order valence-corrected chi connectivity index (χ0v) is 12.5. The summed E-state index contributed by atoms with van der Waals surface area (Å²) in [6.07, 6.45) is 3.20. The maximum absolute atomic E-state index is 8.75. The summed E-state index contributed by atoms with van der Waals surface area (Å²) in [5, 5.41) is 18.5. The van der Waals surface area contributed by atoms with Crippen LogP contribution in [0.1, 0.15) is 5.76 Å². The Labute approximate surface area is 131 Å². The number of nitriles is 2. The lowest BCUT2D eigenvalue weighted by Gasteiger charge is -2.25. The van der Waals surface area contributed by atoms with E-state index in [1.165, 1.54) is 6.08 Å². The van der Waals surface area contributed by atoms with Crippen LogP contribution >= 0.6 is 11.3 Å². The molecule has 0 aromatic carbocycles. The summed E-state index contributed by atoms with van der Waals surface area (Å²) >= 11 is 1.55. The molecule has 0 spiro atoms. The molecule has 0 radical (unpaired) electrons. The predicted molar refractivity (Wildman–Crippen MR) is 82.1 cm³/mol. The van der Waals surface area contributed by atoms with Crippen molar-refractivity contribution < 1.29 is 9.15 Å². The Morgan fingerprint density at radius 1 is 1.27 bits per heavy atom. The van der Waals surface area contributed by atoms with Crippen LogP contribution in [0.2, 0.25) is 0 Å². The zero-order valence-electron chi connectivity index (χ0n) is 11.7. The third-order valence-electron chi connectivity index (χ3n) is 3.17. The number of morpholine rings is 1. The van der Waals surface area contributed by atoms with Gasteiger partial charge in [0.1, 0.15) is 29.2 Å². The molecule has 1 fully saturated rings. The Hall–Kier alpha value is -2.61. The van der Waals surface area contributed by atoms with E-state index in [2.05, 4.69) is 9.88 Å². The van der Waals surface area contributed by atoms with E-state index >= 15 is 0 Å². The standard InChI is InChI=1S/C15H12N4O2S/c16-8-11(9-17)7-12-1-2-13(21-12)14-10-18-15(22-14)19-3-5-20-6-4-19/h1-2,7,10H,3-6H2. The number of rotatable bonds is 3. The first-order valence-electron chi connectivity index (χ1n) is 6.71. The smallest absolute Gasteiger partial charge is 0.186 e. The largest absolute Gasteiger partial charge is 0.456 e. The number of hydrogen-bond donors (Lipinski definition) is 0. The molecule has 0 N–H and O–H groups in total. The zero-order chi connectivity index (χ0) is 15.4. The van der Waals surface area contributed by atoms with E-state index in [-0.39, 0.29) is 5.57 Å². The number of nitrogens with zero attached hydrogens (tertiary/aromatic N) is 4. The molecule has 1 saturated heterocycles. The Morgan fingerprint density at radius 3 is 2.77 bits per heavy atom. The minimum atomic E-state index is 0.0132. The lowest BCUT2D eigenvalue weighted by atomic mass is 10.2. The molecule has 7 heteroatoms. The second-order valence-electron chi connectivity index (χ2n) is 4.59. The Morgan fingerprint density at radius 2 is 2.05 bits per heavy atom. The Bertz CT molecular complexity index is 756. The summed E-state index contributed by atoms with van der Waals surface area (Å²) in [4.78, 5) is 7.53. The molecule has 0 saturated carbocycles. The van der Waals surface area contributed by atoms with Crippen LogP contribution in [0.4, 0.5) is 5.13 Å². The first-order chi connectivity index (χ1) is 10.8. The maximum Gasteiger partial charge on any atom is 0.186 e. The van der Waals surface area contributed by atoms with Crippen LogP contribution in [0.3, 0.4) is 0 Å². The van der Waals surface area contributed by atoms with Crippen molar-refractivity contribution in [2.75, 3.05) is 31.2 Å². The number of anilines is 1. The third-order valence-corrected chi connectivity index (χ3v) is 4.24. The summed E-state index contributed by atoms with van der Waals surface area (Å²) < 4.78 is 11.0. The average Bonchev–Trinajstić information content (AvgIpc) is 3.22. The fraction of sp³-hybridized carbons (Fsp3) is 0.267. The molecular formula is C15H12N4O2S. The van der Waals surface area contributed by atoms with E-state index in [0.29, 0.717) is 11.5 Å². The summed E-state index contributed by atoms with van der Waals surface area (Å²) in [5.41, 5.74) is 0.0132. The number of hydrogen-bond acceptors (Lipinski definition) is 7. The molecule has 1 aliphatic rings. The van der Waals surface area contributed by atoms with E-state index in [1.54, 1.807) is 23.6 Å². The summed E-state index contributed by atoms with van der Waals surface area (Å²) in [6.45, 7) is 3.12. The monoisotopic (exact) mass is 312 g/mol. The van der Waals surface area contributed by atoms with Crippen LogP contribution in [-0.4, -0.2) is 31.3 Å². The van der Waals surface area contributed by atoms with E-state index in [1.807, 2.05) is 18.2 Å². The van der Waals surface area contributed by atoms with Crippen LogP contribution < -0.4 is 4.90 Å². The van der Waals surface area contributed by atoms with Crippen molar-refractivity contribution in [2.45, 2.75) is 0 Å². The highest BCUT2D eigenvalue weighted by Crippen LogP contribution is 2.32. The van der Waals surface area contributed by atoms with Gasteiger partial charge >= 0.3 is 0 Å². The number of furan rings is 1. The van der Waals surface area contributed by atoms with E-state index < -0.39 is 0 Å². The van der Waals surface area contributed by atoms with E-state index in [4.69, 9.17) is 19.7 Å².